The molecule has 0 spiro atoms. The number of hydrogen-bond acceptors (Lipinski definition) is 2. The van der Waals surface area contributed by atoms with Crippen LogP contribution in [0.15, 0.2) is 5.10 Å². The molecule has 0 atom stereocenters. The van der Waals surface area contributed by atoms with Crippen LogP contribution in [0.1, 0.15) is 0 Å². The smallest absolute Gasteiger partial charge is 0.332 e. The van der Waals surface area contributed by atoms with Crippen molar-refractivity contribution in [1.29, 1.82) is 0 Å². The Bertz CT molecular complexity index is 103. The van der Waals surface area contributed by atoms with Gasteiger partial charge in [0.05, 0.1) is 0 Å². The Morgan fingerprint density at radius 2 is 2.62 bits per heavy atom. The maximum absolute atomic E-state index is 9.87. The normalized spacial score (nSPS) is 9.62. The number of hydrazone groups is 1. The SMILES string of the molecule is NC(=O)N/N=C/CI. The number of carbonyl (C=O) groups excluding carboxylic acids is 1. The maximum Gasteiger partial charge on any atom is 0.332 e. The first-order chi connectivity index (χ1) is 3.77. The molecule has 0 saturated heterocycles. The summed E-state index contributed by atoms with van der Waals surface area (Å²) in [5, 5.41) is 3.43. The summed E-state index contributed by atoms with van der Waals surface area (Å²) < 4.78 is 0.762. The predicted molar refractivity (Wildman–Crippen MR) is 40.1 cm³/mol. The number of carbonyl (C=O) groups is 1. The maximum atomic E-state index is 9.87. The Kier molecular flexibility index (Phi) is 4.62. The average molecular weight is 227 g/mol. The molecule has 0 bridgehead atoms. The number of halogens is 1. The van der Waals surface area contributed by atoms with E-state index in [4.69, 9.17) is 0 Å². The van der Waals surface area contributed by atoms with Gasteiger partial charge in [-0.25, -0.2) is 10.2 Å². The lowest BCUT2D eigenvalue weighted by Crippen LogP contribution is -2.24. The predicted octanol–water partition coefficient (Wildman–Crippen LogP) is 0.0755. The fourth-order valence-corrected chi connectivity index (χ4v) is 0.341. The first-order valence-electron chi connectivity index (χ1n) is 1.90. The molecule has 0 saturated carbocycles. The Morgan fingerprint density at radius 1 is 2.00 bits per heavy atom. The van der Waals surface area contributed by atoms with Gasteiger partial charge in [0.25, 0.3) is 0 Å². The van der Waals surface area contributed by atoms with Gasteiger partial charge in [0.2, 0.25) is 0 Å². The van der Waals surface area contributed by atoms with Crippen LogP contribution in [-0.2, 0) is 0 Å². The van der Waals surface area contributed by atoms with Gasteiger partial charge in [-0.15, -0.1) is 0 Å². The summed E-state index contributed by atoms with van der Waals surface area (Å²) in [5.74, 6) is 0. The lowest BCUT2D eigenvalue weighted by molar-refractivity contribution is 0.249. The number of alkyl halides is 1. The average Bonchev–Trinajstić information content (AvgIpc) is 1.66. The molecule has 0 aliphatic heterocycles. The Labute approximate surface area is 60.6 Å². The van der Waals surface area contributed by atoms with Crippen molar-refractivity contribution >= 4 is 34.8 Å². The number of nitrogens with two attached hydrogens (primary N) is 1. The van der Waals surface area contributed by atoms with E-state index in [2.05, 4.69) is 33.4 Å². The van der Waals surface area contributed by atoms with Crippen LogP contribution in [-0.4, -0.2) is 16.7 Å². The highest BCUT2D eigenvalue weighted by atomic mass is 127. The van der Waals surface area contributed by atoms with Crippen LogP contribution in [0.5, 0.6) is 0 Å². The Morgan fingerprint density at radius 3 is 3.00 bits per heavy atom. The van der Waals surface area contributed by atoms with Gasteiger partial charge in [0.15, 0.2) is 0 Å². The fraction of sp³-hybridized carbons (Fsp3) is 0.333. The van der Waals surface area contributed by atoms with E-state index >= 15 is 0 Å². The van der Waals surface area contributed by atoms with Crippen molar-refractivity contribution in [3.63, 3.8) is 0 Å². The first-order valence-corrected chi connectivity index (χ1v) is 3.43. The molecular formula is C3H6IN3O. The number of amides is 2. The van der Waals surface area contributed by atoms with Crippen LogP contribution in [0, 0.1) is 0 Å². The summed E-state index contributed by atoms with van der Waals surface area (Å²) in [6, 6.07) is -0.633. The third-order valence-corrected chi connectivity index (χ3v) is 0.729. The molecule has 4 nitrogen and oxygen atoms in total. The number of nitrogens with zero attached hydrogens (tertiary/aromatic N) is 1. The molecule has 0 aromatic heterocycles. The number of rotatable bonds is 2. The number of nitrogens with one attached hydrogen (secondary N) is 1. The van der Waals surface area contributed by atoms with Gasteiger partial charge in [-0.1, -0.05) is 22.6 Å². The fourth-order valence-electron chi connectivity index (χ4n) is 0.144. The van der Waals surface area contributed by atoms with Gasteiger partial charge in [0, 0.05) is 10.6 Å². The highest BCUT2D eigenvalue weighted by Crippen LogP contribution is 1.71. The van der Waals surface area contributed by atoms with Gasteiger partial charge >= 0.3 is 6.03 Å². The molecule has 0 radical (unpaired) electrons. The molecule has 0 aliphatic carbocycles. The third-order valence-electron chi connectivity index (χ3n) is 0.335. The second kappa shape index (κ2) is 4.82. The molecule has 2 amide bonds. The summed E-state index contributed by atoms with van der Waals surface area (Å²) in [4.78, 5) is 9.87. The summed E-state index contributed by atoms with van der Waals surface area (Å²) in [5.41, 5.74) is 6.72. The molecule has 0 aliphatic rings. The molecule has 0 aromatic rings. The van der Waals surface area contributed by atoms with Crippen LogP contribution < -0.4 is 11.2 Å². The highest BCUT2D eigenvalue weighted by Gasteiger charge is 1.80. The van der Waals surface area contributed by atoms with E-state index in [1.165, 1.54) is 0 Å². The van der Waals surface area contributed by atoms with Crippen molar-refractivity contribution in [2.75, 3.05) is 4.43 Å². The van der Waals surface area contributed by atoms with Crippen LogP contribution in [0.25, 0.3) is 0 Å². The van der Waals surface area contributed by atoms with Crippen LogP contribution >= 0.6 is 22.6 Å². The van der Waals surface area contributed by atoms with E-state index in [-0.39, 0.29) is 0 Å². The molecule has 0 heterocycles. The summed E-state index contributed by atoms with van der Waals surface area (Å²) >= 11 is 2.09. The molecule has 0 aromatic carbocycles. The van der Waals surface area contributed by atoms with E-state index < -0.39 is 6.03 Å². The highest BCUT2D eigenvalue weighted by molar-refractivity contribution is 14.1. The van der Waals surface area contributed by atoms with E-state index in [0.717, 1.165) is 4.43 Å². The van der Waals surface area contributed by atoms with Crippen molar-refractivity contribution in [1.82, 2.24) is 5.43 Å². The zero-order valence-corrected chi connectivity index (χ0v) is 6.25. The number of primary amides is 1. The van der Waals surface area contributed by atoms with Crippen molar-refractivity contribution in [3.05, 3.63) is 0 Å². The lowest BCUT2D eigenvalue weighted by atomic mass is 10.9. The zero-order chi connectivity index (χ0) is 6.41. The van der Waals surface area contributed by atoms with Gasteiger partial charge < -0.3 is 5.73 Å². The van der Waals surface area contributed by atoms with Gasteiger partial charge in [-0.2, -0.15) is 5.10 Å². The topological polar surface area (TPSA) is 67.5 Å². The third kappa shape index (κ3) is 5.67. The van der Waals surface area contributed by atoms with Crippen LogP contribution in [0.3, 0.4) is 0 Å². The Hall–Kier alpha value is -0.330. The monoisotopic (exact) mass is 227 g/mol. The lowest BCUT2D eigenvalue weighted by Gasteiger charge is -1.86. The van der Waals surface area contributed by atoms with E-state index in [9.17, 15) is 4.79 Å². The van der Waals surface area contributed by atoms with Gasteiger partial charge in [0.1, 0.15) is 0 Å². The zero-order valence-electron chi connectivity index (χ0n) is 4.10. The molecule has 0 fully saturated rings. The van der Waals surface area contributed by atoms with E-state index in [1.807, 2.05) is 5.43 Å². The second-order valence-corrected chi connectivity index (χ2v) is 1.82. The minimum atomic E-state index is -0.633. The molecule has 3 N–H and O–H groups in total. The van der Waals surface area contributed by atoms with Gasteiger partial charge in [-0.3, -0.25) is 0 Å². The van der Waals surface area contributed by atoms with E-state index in [1.54, 1.807) is 6.21 Å². The van der Waals surface area contributed by atoms with Crippen LogP contribution in [0.2, 0.25) is 0 Å². The first kappa shape index (κ1) is 7.67. The summed E-state index contributed by atoms with van der Waals surface area (Å²) in [6.07, 6.45) is 1.55. The van der Waals surface area contributed by atoms with Crippen molar-refractivity contribution in [3.8, 4) is 0 Å². The standard InChI is InChI=1S/C3H6IN3O/c4-1-2-6-7-3(5)8/h2H,1H2,(H3,5,7,8)/b6-2+. The minimum absolute atomic E-state index is 0.633. The Balaban J connectivity index is 3.16. The molecule has 5 heteroatoms. The van der Waals surface area contributed by atoms with Crippen molar-refractivity contribution < 1.29 is 4.79 Å². The molecule has 8 heavy (non-hydrogen) atoms. The molecular weight excluding hydrogens is 221 g/mol. The summed E-state index contributed by atoms with van der Waals surface area (Å²) in [7, 11) is 0. The van der Waals surface area contributed by atoms with E-state index in [0.29, 0.717) is 0 Å². The quantitative estimate of drug-likeness (QED) is 0.298. The number of hydrogen-bond donors (Lipinski definition) is 2. The van der Waals surface area contributed by atoms with Crippen molar-refractivity contribution in [2.24, 2.45) is 10.8 Å². The molecule has 0 rings (SSSR count). The number of urea groups is 1. The second-order valence-electron chi connectivity index (χ2n) is 0.942. The molecule has 46 valence electrons. The minimum Gasteiger partial charge on any atom is -0.350 e. The molecule has 0 unspecified atom stereocenters. The van der Waals surface area contributed by atoms with Crippen LogP contribution in [0.4, 0.5) is 4.79 Å². The van der Waals surface area contributed by atoms with Gasteiger partial charge in [-0.05, 0) is 0 Å². The largest absolute Gasteiger partial charge is 0.350 e. The van der Waals surface area contributed by atoms with Crippen molar-refractivity contribution in [2.45, 2.75) is 0 Å². The summed E-state index contributed by atoms with van der Waals surface area (Å²) in [6.45, 7) is 0.